The lowest BCUT2D eigenvalue weighted by Gasteiger charge is -2.38. The molecule has 39 heavy (non-hydrogen) atoms. The lowest BCUT2D eigenvalue weighted by molar-refractivity contribution is -0.131. The van der Waals surface area contributed by atoms with Crippen molar-refractivity contribution in [1.29, 1.82) is 5.26 Å². The van der Waals surface area contributed by atoms with Gasteiger partial charge >= 0.3 is 0 Å². The maximum Gasteiger partial charge on any atom is 0.266 e. The van der Waals surface area contributed by atoms with Crippen LogP contribution in [0.2, 0.25) is 18.1 Å². The second kappa shape index (κ2) is 11.4. The molecule has 206 valence electrons. The lowest BCUT2D eigenvalue weighted by Crippen LogP contribution is -2.45. The molecule has 1 amide bonds. The number of carbonyl (C=O) groups is 1. The highest BCUT2D eigenvalue weighted by atomic mass is 28.4. The van der Waals surface area contributed by atoms with Gasteiger partial charge in [-0.3, -0.25) is 14.5 Å². The van der Waals surface area contributed by atoms with Crippen molar-refractivity contribution in [3.8, 4) is 6.07 Å². The molecular formula is C30H39N5O3Si. The van der Waals surface area contributed by atoms with Gasteiger partial charge in [0.1, 0.15) is 0 Å². The number of hydrogen-bond acceptors (Lipinski definition) is 6. The fourth-order valence-corrected chi connectivity index (χ4v) is 6.22. The number of benzene rings is 2. The van der Waals surface area contributed by atoms with Crippen molar-refractivity contribution < 1.29 is 9.22 Å². The first-order valence-corrected chi connectivity index (χ1v) is 16.4. The largest absolute Gasteiger partial charge is 0.413 e. The molecule has 4 rings (SSSR count). The summed E-state index contributed by atoms with van der Waals surface area (Å²) in [4.78, 5) is 36.3. The minimum atomic E-state index is -1.88. The van der Waals surface area contributed by atoms with Gasteiger partial charge in [0.2, 0.25) is 5.91 Å². The summed E-state index contributed by atoms with van der Waals surface area (Å²) in [7, 11) is -0.0463. The minimum Gasteiger partial charge on any atom is -0.413 e. The number of fused-ring (bicyclic) bond motifs is 1. The molecule has 1 unspecified atom stereocenters. The van der Waals surface area contributed by atoms with Crippen LogP contribution in [-0.4, -0.2) is 66.8 Å². The molecule has 0 saturated carbocycles. The van der Waals surface area contributed by atoms with Crippen LogP contribution in [-0.2, 0) is 15.6 Å². The van der Waals surface area contributed by atoms with Crippen LogP contribution in [0.15, 0.2) is 53.5 Å². The maximum absolute atomic E-state index is 13.6. The molecule has 1 aliphatic rings. The van der Waals surface area contributed by atoms with Crippen molar-refractivity contribution in [2.24, 2.45) is 0 Å². The van der Waals surface area contributed by atoms with E-state index < -0.39 is 8.32 Å². The Morgan fingerprint density at radius 2 is 2.05 bits per heavy atom. The van der Waals surface area contributed by atoms with Crippen molar-refractivity contribution in [3.05, 3.63) is 75.7 Å². The molecule has 1 aromatic heterocycles. The molecular weight excluding hydrogens is 506 g/mol. The summed E-state index contributed by atoms with van der Waals surface area (Å²) in [5.41, 5.74) is 3.32. The number of likely N-dealkylation sites (tertiary alicyclic amines) is 1. The Kier molecular flexibility index (Phi) is 8.40. The fraction of sp³-hybridized carbons (Fsp3) is 0.467. The second-order valence-corrected chi connectivity index (χ2v) is 16.8. The molecule has 2 atom stereocenters. The molecule has 0 radical (unpaired) electrons. The van der Waals surface area contributed by atoms with Gasteiger partial charge in [0.25, 0.3) is 5.56 Å². The van der Waals surface area contributed by atoms with Crippen LogP contribution in [0.5, 0.6) is 0 Å². The number of hydrogen-bond donors (Lipinski definition) is 1. The Balaban J connectivity index is 1.52. The number of carbonyl (C=O) groups excluding carboxylic acids is 1. The van der Waals surface area contributed by atoms with Crippen LogP contribution in [0.3, 0.4) is 0 Å². The summed E-state index contributed by atoms with van der Waals surface area (Å²) < 4.78 is 6.69. The molecule has 2 heterocycles. The Bertz CT molecular complexity index is 1440. The average Bonchev–Trinajstić information content (AvgIpc) is 3.32. The van der Waals surface area contributed by atoms with Crippen LogP contribution in [0.25, 0.3) is 11.0 Å². The van der Waals surface area contributed by atoms with E-state index in [0.717, 1.165) is 30.6 Å². The molecule has 1 saturated heterocycles. The number of likely N-dealkylation sites (N-methyl/N-ethyl adjacent to an activating group) is 1. The van der Waals surface area contributed by atoms with Gasteiger partial charge in [0, 0.05) is 26.7 Å². The van der Waals surface area contributed by atoms with E-state index >= 15 is 0 Å². The van der Waals surface area contributed by atoms with Crippen molar-refractivity contribution in [2.45, 2.75) is 63.9 Å². The van der Waals surface area contributed by atoms with E-state index in [2.05, 4.69) is 54.8 Å². The van der Waals surface area contributed by atoms with Crippen LogP contribution in [0, 0.1) is 11.3 Å². The first-order valence-electron chi connectivity index (χ1n) is 13.5. The first kappa shape index (κ1) is 28.7. The molecule has 9 heteroatoms. The van der Waals surface area contributed by atoms with Gasteiger partial charge < -0.3 is 14.3 Å². The van der Waals surface area contributed by atoms with E-state index in [1.807, 2.05) is 43.4 Å². The number of rotatable bonds is 8. The normalized spacial score (nSPS) is 17.2. The number of aromatic nitrogens is 2. The standard InChI is InChI=1S/C30H39N5O3Si/c1-30(2,3)39(5,6)38-24-12-13-35(19-24)20-27(23-9-7-8-22(14-23)17-31)34(4)29(37)16-21-10-11-25-26(15-21)33-28(36)18-32-25/h7-11,14-15,18,24,27H,12-13,16,19-20H2,1-6H3,(H,33,36)/t24-,27?/m0/s1. The SMILES string of the molecule is CN(C(=O)Cc1ccc2ncc(=O)[nH]c2c1)C(CN1CC[C@H](O[Si](C)(C)C(C)(C)C)C1)c1cccc(C#N)c1. The van der Waals surface area contributed by atoms with Gasteiger partial charge in [-0.1, -0.05) is 39.0 Å². The molecule has 1 N–H and O–H groups in total. The van der Waals surface area contributed by atoms with Gasteiger partial charge in [-0.2, -0.15) is 5.26 Å². The highest BCUT2D eigenvalue weighted by molar-refractivity contribution is 6.74. The molecule has 0 spiro atoms. The molecule has 1 fully saturated rings. The smallest absolute Gasteiger partial charge is 0.266 e. The summed E-state index contributed by atoms with van der Waals surface area (Å²) >= 11 is 0. The Morgan fingerprint density at radius 1 is 1.28 bits per heavy atom. The predicted molar refractivity (Wildman–Crippen MR) is 156 cm³/mol. The molecule has 1 aliphatic heterocycles. The van der Waals surface area contributed by atoms with Gasteiger partial charge in [-0.25, -0.2) is 4.98 Å². The van der Waals surface area contributed by atoms with E-state index in [-0.39, 0.29) is 35.1 Å². The summed E-state index contributed by atoms with van der Waals surface area (Å²) in [5, 5.41) is 9.65. The van der Waals surface area contributed by atoms with Crippen LogP contribution < -0.4 is 5.56 Å². The van der Waals surface area contributed by atoms with E-state index in [0.29, 0.717) is 23.1 Å². The summed E-state index contributed by atoms with van der Waals surface area (Å²) in [6.45, 7) is 13.7. The Morgan fingerprint density at radius 3 is 2.77 bits per heavy atom. The van der Waals surface area contributed by atoms with E-state index in [1.165, 1.54) is 6.20 Å². The molecule has 0 aliphatic carbocycles. The van der Waals surface area contributed by atoms with E-state index in [1.54, 1.807) is 11.0 Å². The van der Waals surface area contributed by atoms with Gasteiger partial charge in [-0.15, -0.1) is 0 Å². The maximum atomic E-state index is 13.6. The second-order valence-electron chi connectivity index (χ2n) is 12.1. The zero-order valence-corrected chi connectivity index (χ0v) is 24.8. The van der Waals surface area contributed by atoms with E-state index in [4.69, 9.17) is 4.43 Å². The summed E-state index contributed by atoms with van der Waals surface area (Å²) in [6.07, 6.45) is 2.60. The van der Waals surface area contributed by atoms with Gasteiger partial charge in [-0.05, 0) is 59.9 Å². The third kappa shape index (κ3) is 6.82. The zero-order chi connectivity index (χ0) is 28.4. The van der Waals surface area contributed by atoms with Crippen molar-refractivity contribution >= 4 is 25.3 Å². The Hall–Kier alpha value is -3.32. The number of aromatic amines is 1. The van der Waals surface area contributed by atoms with Crippen LogP contribution in [0.4, 0.5) is 0 Å². The van der Waals surface area contributed by atoms with E-state index in [9.17, 15) is 14.9 Å². The molecule has 0 bridgehead atoms. The molecule has 3 aromatic rings. The quantitative estimate of drug-likeness (QED) is 0.414. The van der Waals surface area contributed by atoms with Gasteiger partial charge in [0.05, 0.1) is 47.4 Å². The third-order valence-corrected chi connectivity index (χ3v) is 12.7. The monoisotopic (exact) mass is 545 g/mol. The van der Waals surface area contributed by atoms with Crippen molar-refractivity contribution in [2.75, 3.05) is 26.7 Å². The zero-order valence-electron chi connectivity index (χ0n) is 23.8. The fourth-order valence-electron chi connectivity index (χ4n) is 4.84. The highest BCUT2D eigenvalue weighted by Gasteiger charge is 2.41. The molecule has 2 aromatic carbocycles. The number of amides is 1. The number of nitrogens with one attached hydrogen (secondary N) is 1. The van der Waals surface area contributed by atoms with Gasteiger partial charge in [0.15, 0.2) is 8.32 Å². The number of H-pyrrole nitrogens is 1. The van der Waals surface area contributed by atoms with Crippen LogP contribution in [0.1, 0.15) is 49.9 Å². The predicted octanol–water partition coefficient (Wildman–Crippen LogP) is 4.63. The van der Waals surface area contributed by atoms with Crippen molar-refractivity contribution in [1.82, 2.24) is 19.8 Å². The Labute approximate surface area is 231 Å². The highest BCUT2D eigenvalue weighted by Crippen LogP contribution is 2.38. The van der Waals surface area contributed by atoms with Crippen LogP contribution >= 0.6 is 0 Å². The first-order chi connectivity index (χ1) is 18.4. The third-order valence-electron chi connectivity index (χ3n) is 8.18. The topological polar surface area (TPSA) is 102 Å². The summed E-state index contributed by atoms with van der Waals surface area (Å²) in [6, 6.07) is 15.0. The lowest BCUT2D eigenvalue weighted by atomic mass is 10.0. The molecule has 8 nitrogen and oxygen atoms in total. The minimum absolute atomic E-state index is 0.0405. The average molecular weight is 546 g/mol. The number of nitriles is 1. The number of nitrogens with zero attached hydrogens (tertiary/aromatic N) is 4. The van der Waals surface area contributed by atoms with Crippen molar-refractivity contribution in [3.63, 3.8) is 0 Å². The summed E-state index contributed by atoms with van der Waals surface area (Å²) in [5.74, 6) is -0.0405.